The second-order valence-electron chi connectivity index (χ2n) is 3.82. The highest BCUT2D eigenvalue weighted by molar-refractivity contribution is 9.10. The van der Waals surface area contributed by atoms with E-state index in [0.29, 0.717) is 11.3 Å². The number of nitrogens with two attached hydrogens (primary N) is 1. The van der Waals surface area contributed by atoms with Crippen LogP contribution in [-0.2, 0) is 11.3 Å². The maximum absolute atomic E-state index is 11.8. The Morgan fingerprint density at radius 3 is 2.74 bits per heavy atom. The number of esters is 1. The van der Waals surface area contributed by atoms with Crippen LogP contribution in [0.15, 0.2) is 45.6 Å². The maximum atomic E-state index is 11.8. The van der Waals surface area contributed by atoms with Crippen molar-refractivity contribution in [3.05, 3.63) is 56.7 Å². The van der Waals surface area contributed by atoms with E-state index in [0.717, 1.165) is 14.5 Å². The van der Waals surface area contributed by atoms with Gasteiger partial charge in [-0.1, -0.05) is 0 Å². The number of ether oxygens (including phenoxy) is 1. The van der Waals surface area contributed by atoms with Crippen LogP contribution in [0.2, 0.25) is 0 Å². The highest BCUT2D eigenvalue weighted by atomic mass is 79.9. The van der Waals surface area contributed by atoms with Crippen LogP contribution in [0.1, 0.15) is 15.9 Å². The van der Waals surface area contributed by atoms with Crippen LogP contribution in [-0.4, -0.2) is 11.0 Å². The highest BCUT2D eigenvalue weighted by Crippen LogP contribution is 2.21. The lowest BCUT2D eigenvalue weighted by Crippen LogP contribution is -2.06. The Balaban J connectivity index is 2.03. The van der Waals surface area contributed by atoms with Gasteiger partial charge in [0.05, 0.1) is 5.56 Å². The second kappa shape index (κ2) is 6.16. The number of rotatable bonds is 3. The van der Waals surface area contributed by atoms with Crippen molar-refractivity contribution in [1.29, 1.82) is 0 Å². The largest absolute Gasteiger partial charge is 0.457 e. The second-order valence-corrected chi connectivity index (χ2v) is 5.59. The van der Waals surface area contributed by atoms with Crippen molar-refractivity contribution in [3.8, 4) is 0 Å². The van der Waals surface area contributed by atoms with Gasteiger partial charge in [0.2, 0.25) is 0 Å². The highest BCUT2D eigenvalue weighted by Gasteiger charge is 2.09. The fraction of sp³-hybridized carbons (Fsp3) is 0.0769. The summed E-state index contributed by atoms with van der Waals surface area (Å²) in [4.78, 5) is 15.8. The minimum absolute atomic E-state index is 0.168. The van der Waals surface area contributed by atoms with E-state index >= 15 is 0 Å². The van der Waals surface area contributed by atoms with Gasteiger partial charge in [-0.15, -0.1) is 0 Å². The van der Waals surface area contributed by atoms with Crippen LogP contribution in [0.25, 0.3) is 0 Å². The molecule has 0 spiro atoms. The maximum Gasteiger partial charge on any atom is 0.338 e. The first-order valence-corrected chi connectivity index (χ1v) is 6.96. The molecule has 2 aromatic rings. The van der Waals surface area contributed by atoms with Gasteiger partial charge in [0.15, 0.2) is 0 Å². The predicted octanol–water partition coefficient (Wildman–Crippen LogP) is 3.55. The number of halogens is 2. The van der Waals surface area contributed by atoms with Crippen LogP contribution in [0.5, 0.6) is 0 Å². The fourth-order valence-corrected chi connectivity index (χ4v) is 2.10. The Morgan fingerprint density at radius 1 is 1.26 bits per heavy atom. The third-order valence-corrected chi connectivity index (χ3v) is 3.52. The molecule has 98 valence electrons. The van der Waals surface area contributed by atoms with Gasteiger partial charge in [0.1, 0.15) is 6.61 Å². The summed E-state index contributed by atoms with van der Waals surface area (Å²) >= 11 is 6.58. The number of hydrogen-bond acceptors (Lipinski definition) is 4. The van der Waals surface area contributed by atoms with Crippen LogP contribution in [0.3, 0.4) is 0 Å². The van der Waals surface area contributed by atoms with Crippen LogP contribution in [0, 0.1) is 0 Å². The van der Waals surface area contributed by atoms with E-state index in [2.05, 4.69) is 36.8 Å². The molecule has 0 amide bonds. The molecule has 1 aromatic carbocycles. The van der Waals surface area contributed by atoms with Gasteiger partial charge in [-0.25, -0.2) is 4.79 Å². The Kier molecular flexibility index (Phi) is 4.55. The van der Waals surface area contributed by atoms with Gasteiger partial charge in [-0.2, -0.15) is 0 Å². The summed E-state index contributed by atoms with van der Waals surface area (Å²) in [6.07, 6.45) is 3.31. The van der Waals surface area contributed by atoms with Crippen molar-refractivity contribution in [2.45, 2.75) is 6.61 Å². The van der Waals surface area contributed by atoms with Gasteiger partial charge in [0, 0.05) is 32.6 Å². The number of benzene rings is 1. The molecule has 2 rings (SSSR count). The molecule has 4 nitrogen and oxygen atoms in total. The fourth-order valence-electron chi connectivity index (χ4n) is 1.44. The van der Waals surface area contributed by atoms with Gasteiger partial charge < -0.3 is 10.5 Å². The van der Waals surface area contributed by atoms with E-state index in [1.54, 1.807) is 30.6 Å². The van der Waals surface area contributed by atoms with E-state index in [9.17, 15) is 4.79 Å². The molecule has 0 bridgehead atoms. The molecule has 0 aliphatic rings. The van der Waals surface area contributed by atoms with Gasteiger partial charge >= 0.3 is 5.97 Å². The third kappa shape index (κ3) is 3.78. The predicted molar refractivity (Wildman–Crippen MR) is 79.6 cm³/mol. The number of nitrogen functional groups attached to an aromatic ring is 1. The molecule has 0 aliphatic carbocycles. The molecule has 0 aliphatic heterocycles. The van der Waals surface area contributed by atoms with Gasteiger partial charge in [0.25, 0.3) is 0 Å². The number of nitrogens with zero attached hydrogens (tertiary/aromatic N) is 1. The zero-order valence-electron chi connectivity index (χ0n) is 9.77. The van der Waals surface area contributed by atoms with Crippen molar-refractivity contribution >= 4 is 43.5 Å². The summed E-state index contributed by atoms with van der Waals surface area (Å²) in [5.74, 6) is -0.417. The first kappa shape index (κ1) is 14.0. The van der Waals surface area contributed by atoms with Crippen LogP contribution in [0.4, 0.5) is 5.69 Å². The molecule has 2 N–H and O–H groups in total. The molecule has 1 heterocycles. The Labute approximate surface area is 127 Å². The monoisotopic (exact) mass is 384 g/mol. The molecule has 0 radical (unpaired) electrons. The number of carbonyl (C=O) groups is 1. The van der Waals surface area contributed by atoms with Gasteiger partial charge in [-0.05, 0) is 56.1 Å². The average Bonchev–Trinajstić information content (AvgIpc) is 2.39. The smallest absolute Gasteiger partial charge is 0.338 e. The first-order valence-electron chi connectivity index (χ1n) is 5.38. The molecule has 6 heteroatoms. The van der Waals surface area contributed by atoms with Crippen molar-refractivity contribution in [2.24, 2.45) is 0 Å². The Morgan fingerprint density at radius 2 is 2.05 bits per heavy atom. The Bertz CT molecular complexity index is 617. The minimum atomic E-state index is -0.417. The summed E-state index contributed by atoms with van der Waals surface area (Å²) in [5, 5.41) is 0. The van der Waals surface area contributed by atoms with Crippen molar-refractivity contribution < 1.29 is 9.53 Å². The van der Waals surface area contributed by atoms with Gasteiger partial charge in [-0.3, -0.25) is 4.98 Å². The summed E-state index contributed by atoms with van der Waals surface area (Å²) in [7, 11) is 0. The lowest BCUT2D eigenvalue weighted by Gasteiger charge is -2.06. The minimum Gasteiger partial charge on any atom is -0.457 e. The average molecular weight is 386 g/mol. The summed E-state index contributed by atoms with van der Waals surface area (Å²) in [5.41, 5.74) is 7.45. The third-order valence-electron chi connectivity index (χ3n) is 2.36. The van der Waals surface area contributed by atoms with Crippen LogP contribution < -0.4 is 5.73 Å². The number of anilines is 1. The quantitative estimate of drug-likeness (QED) is 0.648. The molecular weight excluding hydrogens is 376 g/mol. The molecule has 1 aromatic heterocycles. The number of carbonyl (C=O) groups excluding carboxylic acids is 1. The van der Waals surface area contributed by atoms with E-state index in [1.165, 1.54) is 0 Å². The number of aromatic nitrogens is 1. The standard InChI is InChI=1S/C13H10Br2N2O2/c14-10-3-8(5-17-6-10)7-19-13(18)9-1-2-11(15)12(16)4-9/h1-6H,7,16H2. The zero-order chi connectivity index (χ0) is 13.8. The molecule has 0 unspecified atom stereocenters. The topological polar surface area (TPSA) is 65.2 Å². The van der Waals surface area contributed by atoms with Crippen molar-refractivity contribution in [3.63, 3.8) is 0 Å². The molecular formula is C13H10Br2N2O2. The molecule has 0 atom stereocenters. The van der Waals surface area contributed by atoms with Crippen molar-refractivity contribution in [1.82, 2.24) is 4.98 Å². The molecule has 0 saturated heterocycles. The lowest BCUT2D eigenvalue weighted by atomic mass is 10.2. The first-order chi connectivity index (χ1) is 9.06. The normalized spacial score (nSPS) is 10.2. The summed E-state index contributed by atoms with van der Waals surface area (Å²) in [6.45, 7) is 0.168. The zero-order valence-corrected chi connectivity index (χ0v) is 12.9. The lowest BCUT2D eigenvalue weighted by molar-refractivity contribution is 0.0472. The van der Waals surface area contributed by atoms with E-state index < -0.39 is 5.97 Å². The van der Waals surface area contributed by atoms with E-state index in [4.69, 9.17) is 10.5 Å². The number of pyridine rings is 1. The van der Waals surface area contributed by atoms with E-state index in [1.807, 2.05) is 6.07 Å². The Hall–Kier alpha value is -1.40. The SMILES string of the molecule is Nc1cc(C(=O)OCc2cncc(Br)c2)ccc1Br. The molecule has 0 saturated carbocycles. The summed E-state index contributed by atoms with van der Waals surface area (Å²) < 4.78 is 6.79. The molecule has 0 fully saturated rings. The summed E-state index contributed by atoms with van der Waals surface area (Å²) in [6, 6.07) is 6.79. The van der Waals surface area contributed by atoms with E-state index in [-0.39, 0.29) is 6.61 Å². The number of hydrogen-bond donors (Lipinski definition) is 1. The molecule has 19 heavy (non-hydrogen) atoms. The van der Waals surface area contributed by atoms with Crippen LogP contribution >= 0.6 is 31.9 Å². The van der Waals surface area contributed by atoms with Crippen molar-refractivity contribution in [2.75, 3.05) is 5.73 Å².